The Morgan fingerprint density at radius 2 is 1.95 bits per heavy atom. The van der Waals surface area contributed by atoms with Crippen molar-refractivity contribution in [2.45, 2.75) is 6.43 Å². The van der Waals surface area contributed by atoms with Gasteiger partial charge in [-0.3, -0.25) is 0 Å². The SMILES string of the molecule is Cn1nc(-c2cc(N)c(Cl)cc2Cl)c(Cl)c1OCC(F)F. The minimum Gasteiger partial charge on any atom is -0.471 e. The first-order valence-corrected chi connectivity index (χ1v) is 6.83. The molecule has 0 aliphatic carbocycles. The molecule has 2 aromatic rings. The summed E-state index contributed by atoms with van der Waals surface area (Å²) in [6.07, 6.45) is -2.62. The van der Waals surface area contributed by atoms with E-state index in [9.17, 15) is 8.78 Å². The maximum absolute atomic E-state index is 12.2. The summed E-state index contributed by atoms with van der Waals surface area (Å²) < 4.78 is 30.6. The fourth-order valence-electron chi connectivity index (χ4n) is 1.70. The minimum atomic E-state index is -2.62. The Morgan fingerprint density at radius 1 is 1.29 bits per heavy atom. The smallest absolute Gasteiger partial charge is 0.272 e. The molecule has 1 aromatic carbocycles. The van der Waals surface area contributed by atoms with Crippen molar-refractivity contribution >= 4 is 40.5 Å². The summed E-state index contributed by atoms with van der Waals surface area (Å²) >= 11 is 18.1. The van der Waals surface area contributed by atoms with E-state index in [1.54, 1.807) is 0 Å². The van der Waals surface area contributed by atoms with Crippen molar-refractivity contribution in [2.24, 2.45) is 7.05 Å². The molecule has 0 amide bonds. The molecule has 0 bridgehead atoms. The summed E-state index contributed by atoms with van der Waals surface area (Å²) in [5.41, 5.74) is 6.73. The number of nitrogen functional groups attached to an aromatic ring is 1. The number of benzene rings is 1. The van der Waals surface area contributed by atoms with Gasteiger partial charge in [0.2, 0.25) is 5.88 Å². The van der Waals surface area contributed by atoms with Crippen LogP contribution in [0, 0.1) is 0 Å². The van der Waals surface area contributed by atoms with Gasteiger partial charge in [0.05, 0.1) is 15.7 Å². The van der Waals surface area contributed by atoms with Gasteiger partial charge >= 0.3 is 0 Å². The average Bonchev–Trinajstić information content (AvgIpc) is 2.67. The number of aromatic nitrogens is 2. The third-order valence-electron chi connectivity index (χ3n) is 2.63. The highest BCUT2D eigenvalue weighted by atomic mass is 35.5. The maximum Gasteiger partial charge on any atom is 0.272 e. The van der Waals surface area contributed by atoms with Gasteiger partial charge in [0, 0.05) is 12.6 Å². The Bertz CT molecular complexity index is 676. The van der Waals surface area contributed by atoms with Crippen molar-refractivity contribution in [3.63, 3.8) is 0 Å². The second-order valence-corrected chi connectivity index (χ2v) is 5.34. The van der Waals surface area contributed by atoms with E-state index in [1.165, 1.54) is 23.9 Å². The third kappa shape index (κ3) is 3.33. The van der Waals surface area contributed by atoms with Crippen molar-refractivity contribution in [3.8, 4) is 17.1 Å². The highest BCUT2D eigenvalue weighted by molar-refractivity contribution is 6.39. The second-order valence-electron chi connectivity index (χ2n) is 4.15. The first-order chi connectivity index (χ1) is 9.81. The lowest BCUT2D eigenvalue weighted by atomic mass is 10.1. The van der Waals surface area contributed by atoms with Crippen molar-refractivity contribution in [1.29, 1.82) is 0 Å². The molecule has 0 fully saturated rings. The van der Waals surface area contributed by atoms with Crippen LogP contribution < -0.4 is 10.5 Å². The summed E-state index contributed by atoms with van der Waals surface area (Å²) in [5.74, 6) is 0.0246. The summed E-state index contributed by atoms with van der Waals surface area (Å²) in [7, 11) is 1.52. The van der Waals surface area contributed by atoms with E-state index in [-0.39, 0.29) is 21.6 Å². The molecule has 2 N–H and O–H groups in total. The number of nitrogens with zero attached hydrogens (tertiary/aromatic N) is 2. The molecule has 0 radical (unpaired) electrons. The van der Waals surface area contributed by atoms with E-state index in [0.717, 1.165) is 0 Å². The lowest BCUT2D eigenvalue weighted by Crippen LogP contribution is -2.09. The van der Waals surface area contributed by atoms with Gasteiger partial charge in [0.15, 0.2) is 6.61 Å². The van der Waals surface area contributed by atoms with Crippen LogP contribution in [0.2, 0.25) is 15.1 Å². The van der Waals surface area contributed by atoms with Crippen LogP contribution in [-0.4, -0.2) is 22.8 Å². The van der Waals surface area contributed by atoms with Crippen LogP contribution in [0.25, 0.3) is 11.3 Å². The van der Waals surface area contributed by atoms with Gasteiger partial charge in [-0.2, -0.15) is 5.10 Å². The standard InChI is InChI=1S/C12H10Cl3F2N3O/c1-20-12(21-4-9(16)17)10(15)11(19-20)5-2-8(18)7(14)3-6(5)13/h2-3,9H,4,18H2,1H3. The molecule has 114 valence electrons. The molecule has 0 saturated heterocycles. The summed E-state index contributed by atoms with van der Waals surface area (Å²) in [6.45, 7) is -0.783. The fraction of sp³-hybridized carbons (Fsp3) is 0.250. The number of anilines is 1. The molecule has 9 heteroatoms. The van der Waals surface area contributed by atoms with Crippen molar-refractivity contribution in [1.82, 2.24) is 9.78 Å². The van der Waals surface area contributed by atoms with Crippen LogP contribution in [0.3, 0.4) is 0 Å². The number of hydrogen-bond donors (Lipinski definition) is 1. The number of alkyl halides is 2. The van der Waals surface area contributed by atoms with E-state index in [1.807, 2.05) is 0 Å². The Hall–Kier alpha value is -1.24. The van der Waals surface area contributed by atoms with Crippen molar-refractivity contribution < 1.29 is 13.5 Å². The van der Waals surface area contributed by atoms with Crippen molar-refractivity contribution in [3.05, 3.63) is 27.2 Å². The van der Waals surface area contributed by atoms with Crippen molar-refractivity contribution in [2.75, 3.05) is 12.3 Å². The van der Waals surface area contributed by atoms with Crippen LogP contribution in [0.5, 0.6) is 5.88 Å². The van der Waals surface area contributed by atoms with Crippen LogP contribution in [0.4, 0.5) is 14.5 Å². The van der Waals surface area contributed by atoms with Crippen LogP contribution >= 0.6 is 34.8 Å². The fourth-order valence-corrected chi connectivity index (χ4v) is 2.49. The zero-order valence-corrected chi connectivity index (χ0v) is 13.0. The largest absolute Gasteiger partial charge is 0.471 e. The van der Waals surface area contributed by atoms with Gasteiger partial charge in [-0.15, -0.1) is 0 Å². The van der Waals surface area contributed by atoms with Crippen LogP contribution in [-0.2, 0) is 7.05 Å². The predicted octanol–water partition coefficient (Wildman–Crippen LogP) is 4.27. The normalized spacial score (nSPS) is 11.2. The highest BCUT2D eigenvalue weighted by Crippen LogP contribution is 2.40. The monoisotopic (exact) mass is 355 g/mol. The molecule has 0 aliphatic heterocycles. The Labute approximate surface area is 134 Å². The first kappa shape index (κ1) is 16.1. The number of nitrogens with two attached hydrogens (primary N) is 1. The van der Waals surface area contributed by atoms with Gasteiger partial charge in [0.25, 0.3) is 6.43 Å². The van der Waals surface area contributed by atoms with E-state index >= 15 is 0 Å². The van der Waals surface area contributed by atoms with Crippen LogP contribution in [0.15, 0.2) is 12.1 Å². The zero-order valence-electron chi connectivity index (χ0n) is 10.7. The summed E-state index contributed by atoms with van der Waals surface area (Å²) in [4.78, 5) is 0. The van der Waals surface area contributed by atoms with Gasteiger partial charge < -0.3 is 10.5 Å². The van der Waals surface area contributed by atoms with E-state index < -0.39 is 13.0 Å². The molecule has 0 spiro atoms. The van der Waals surface area contributed by atoms with E-state index in [2.05, 4.69) is 5.10 Å². The molecule has 1 heterocycles. The molecule has 0 atom stereocenters. The van der Waals surface area contributed by atoms with Gasteiger partial charge in [0.1, 0.15) is 10.7 Å². The molecular weight excluding hydrogens is 347 g/mol. The summed E-state index contributed by atoms with van der Waals surface area (Å²) in [6, 6.07) is 2.97. The molecule has 4 nitrogen and oxygen atoms in total. The molecule has 0 unspecified atom stereocenters. The van der Waals surface area contributed by atoms with Crippen LogP contribution in [0.1, 0.15) is 0 Å². The molecule has 2 rings (SSSR count). The van der Waals surface area contributed by atoms with Gasteiger partial charge in [-0.25, -0.2) is 13.5 Å². The minimum absolute atomic E-state index is 0.0246. The number of aryl methyl sites for hydroxylation is 1. The first-order valence-electron chi connectivity index (χ1n) is 5.69. The Morgan fingerprint density at radius 3 is 2.57 bits per heavy atom. The predicted molar refractivity (Wildman–Crippen MR) is 79.6 cm³/mol. The maximum atomic E-state index is 12.2. The number of halogens is 5. The lowest BCUT2D eigenvalue weighted by Gasteiger charge is -2.06. The molecule has 1 aromatic heterocycles. The number of ether oxygens (including phenoxy) is 1. The Kier molecular flexibility index (Phi) is 4.81. The zero-order chi connectivity index (χ0) is 15.7. The number of hydrogen-bond acceptors (Lipinski definition) is 3. The average molecular weight is 357 g/mol. The van der Waals surface area contributed by atoms with Gasteiger partial charge in [-0.05, 0) is 12.1 Å². The van der Waals surface area contributed by atoms with E-state index in [0.29, 0.717) is 16.3 Å². The molecule has 21 heavy (non-hydrogen) atoms. The molecule has 0 saturated carbocycles. The Balaban J connectivity index is 2.46. The molecule has 0 aliphatic rings. The third-order valence-corrected chi connectivity index (χ3v) is 3.61. The second kappa shape index (κ2) is 6.25. The lowest BCUT2D eigenvalue weighted by molar-refractivity contribution is 0.0775. The quantitative estimate of drug-likeness (QED) is 0.832. The van der Waals surface area contributed by atoms with E-state index in [4.69, 9.17) is 45.3 Å². The number of rotatable bonds is 4. The topological polar surface area (TPSA) is 53.1 Å². The highest BCUT2D eigenvalue weighted by Gasteiger charge is 2.21. The molecular formula is C12H10Cl3F2N3O. The van der Waals surface area contributed by atoms with Gasteiger partial charge in [-0.1, -0.05) is 34.8 Å². The summed E-state index contributed by atoms with van der Waals surface area (Å²) in [5, 5.41) is 4.78.